The van der Waals surface area contributed by atoms with Gasteiger partial charge in [0, 0.05) is 6.61 Å². The van der Waals surface area contributed by atoms with Gasteiger partial charge in [-0.2, -0.15) is 11.8 Å². The van der Waals surface area contributed by atoms with Crippen molar-refractivity contribution in [2.45, 2.75) is 75.4 Å². The maximum Gasteiger partial charge on any atom is 0.0702 e. The van der Waals surface area contributed by atoms with Gasteiger partial charge in [0.05, 0.1) is 11.2 Å². The van der Waals surface area contributed by atoms with Crippen molar-refractivity contribution in [2.24, 2.45) is 17.8 Å². The Labute approximate surface area is 133 Å². The fourth-order valence-corrected chi connectivity index (χ4v) is 6.48. The highest BCUT2D eigenvalue weighted by Crippen LogP contribution is 2.52. The van der Waals surface area contributed by atoms with Gasteiger partial charge in [-0.1, -0.05) is 6.42 Å². The third-order valence-electron chi connectivity index (χ3n) is 6.75. The Kier molecular flexibility index (Phi) is 4.04. The summed E-state index contributed by atoms with van der Waals surface area (Å²) < 4.78 is 6.23. The molecule has 2 heterocycles. The summed E-state index contributed by atoms with van der Waals surface area (Å²) in [5.41, 5.74) is -0.247. The van der Waals surface area contributed by atoms with Crippen molar-refractivity contribution < 1.29 is 9.84 Å². The zero-order valence-electron chi connectivity index (χ0n) is 13.2. The summed E-state index contributed by atoms with van der Waals surface area (Å²) in [6, 6.07) is 0. The molecule has 120 valence electrons. The van der Waals surface area contributed by atoms with Crippen LogP contribution in [0, 0.1) is 17.8 Å². The van der Waals surface area contributed by atoms with Crippen LogP contribution in [0.15, 0.2) is 0 Å². The van der Waals surface area contributed by atoms with E-state index >= 15 is 0 Å². The van der Waals surface area contributed by atoms with Crippen LogP contribution in [-0.2, 0) is 4.74 Å². The first-order chi connectivity index (χ1) is 10.2. The van der Waals surface area contributed by atoms with E-state index in [4.69, 9.17) is 4.74 Å². The minimum atomic E-state index is -0.368. The third-order valence-corrected chi connectivity index (χ3v) is 7.73. The first kappa shape index (κ1) is 14.8. The Hall–Kier alpha value is 0.270. The van der Waals surface area contributed by atoms with Crippen LogP contribution < -0.4 is 0 Å². The first-order valence-corrected chi connectivity index (χ1v) is 10.3. The van der Waals surface area contributed by atoms with Gasteiger partial charge >= 0.3 is 0 Å². The molecule has 0 aromatic rings. The first-order valence-electron chi connectivity index (χ1n) is 9.13. The summed E-state index contributed by atoms with van der Waals surface area (Å²) in [5.74, 6) is 4.77. The van der Waals surface area contributed by atoms with E-state index in [1.54, 1.807) is 0 Å². The smallest absolute Gasteiger partial charge is 0.0702 e. The van der Waals surface area contributed by atoms with Crippen LogP contribution in [0.2, 0.25) is 0 Å². The molecule has 4 fully saturated rings. The van der Waals surface area contributed by atoms with Crippen molar-refractivity contribution in [3.8, 4) is 0 Å². The van der Waals surface area contributed by atoms with Gasteiger partial charge in [0.1, 0.15) is 0 Å². The molecule has 2 saturated heterocycles. The topological polar surface area (TPSA) is 29.5 Å². The van der Waals surface area contributed by atoms with Gasteiger partial charge in [-0.15, -0.1) is 0 Å². The third kappa shape index (κ3) is 3.03. The molecule has 2 aliphatic carbocycles. The van der Waals surface area contributed by atoms with Crippen molar-refractivity contribution in [1.82, 2.24) is 0 Å². The van der Waals surface area contributed by atoms with E-state index in [1.807, 2.05) is 0 Å². The monoisotopic (exact) mass is 310 g/mol. The van der Waals surface area contributed by atoms with E-state index in [9.17, 15) is 5.11 Å². The van der Waals surface area contributed by atoms with Gasteiger partial charge in [0.2, 0.25) is 0 Å². The largest absolute Gasteiger partial charge is 0.390 e. The molecular formula is C18H30O2S. The summed E-state index contributed by atoms with van der Waals surface area (Å²) in [5, 5.41) is 11.4. The Morgan fingerprint density at radius 3 is 2.48 bits per heavy atom. The van der Waals surface area contributed by atoms with Crippen molar-refractivity contribution in [2.75, 3.05) is 18.1 Å². The van der Waals surface area contributed by atoms with E-state index in [-0.39, 0.29) is 11.2 Å². The van der Waals surface area contributed by atoms with E-state index < -0.39 is 0 Å². The van der Waals surface area contributed by atoms with Crippen LogP contribution in [0.3, 0.4) is 0 Å². The molecule has 0 aromatic heterocycles. The molecule has 21 heavy (non-hydrogen) atoms. The number of rotatable bonds is 2. The van der Waals surface area contributed by atoms with Gasteiger partial charge in [-0.3, -0.25) is 0 Å². The molecule has 3 atom stereocenters. The lowest BCUT2D eigenvalue weighted by atomic mass is 9.65. The van der Waals surface area contributed by atoms with Crippen molar-refractivity contribution >= 4 is 11.8 Å². The molecule has 2 aliphatic heterocycles. The van der Waals surface area contributed by atoms with E-state index in [2.05, 4.69) is 11.8 Å². The standard InChI is InChI=1S/C18H30O2S/c19-18(6-1-2-15(12-18)14-3-4-14)16-5-9-20-17(13-16)7-10-21-11-8-17/h14-16,19H,1-13H2. The maximum atomic E-state index is 11.4. The van der Waals surface area contributed by atoms with Crippen LogP contribution in [0.25, 0.3) is 0 Å². The molecule has 2 nitrogen and oxygen atoms in total. The molecule has 1 N–H and O–H groups in total. The Morgan fingerprint density at radius 2 is 1.71 bits per heavy atom. The van der Waals surface area contributed by atoms with Crippen molar-refractivity contribution in [3.05, 3.63) is 0 Å². The molecule has 0 bridgehead atoms. The van der Waals surface area contributed by atoms with Crippen LogP contribution in [-0.4, -0.2) is 34.4 Å². The van der Waals surface area contributed by atoms with Gasteiger partial charge in [-0.05, 0) is 87.0 Å². The minimum Gasteiger partial charge on any atom is -0.390 e. The molecule has 0 amide bonds. The van der Waals surface area contributed by atoms with Crippen molar-refractivity contribution in [1.29, 1.82) is 0 Å². The Bertz CT molecular complexity index is 370. The Balaban J connectivity index is 1.46. The fourth-order valence-electron chi connectivity index (χ4n) is 5.25. The summed E-state index contributed by atoms with van der Waals surface area (Å²) in [6.45, 7) is 0.881. The predicted molar refractivity (Wildman–Crippen MR) is 87.6 cm³/mol. The number of hydrogen-bond donors (Lipinski definition) is 1. The van der Waals surface area contributed by atoms with Gasteiger partial charge in [0.15, 0.2) is 0 Å². The van der Waals surface area contributed by atoms with Crippen LogP contribution in [0.4, 0.5) is 0 Å². The summed E-state index contributed by atoms with van der Waals surface area (Å²) >= 11 is 2.07. The number of ether oxygens (including phenoxy) is 1. The number of thioether (sulfide) groups is 1. The maximum absolute atomic E-state index is 11.4. The van der Waals surface area contributed by atoms with Crippen LogP contribution in [0.1, 0.15) is 64.2 Å². The second-order valence-corrected chi connectivity index (χ2v) is 9.36. The van der Waals surface area contributed by atoms with E-state index in [0.29, 0.717) is 5.92 Å². The van der Waals surface area contributed by atoms with Crippen molar-refractivity contribution in [3.63, 3.8) is 0 Å². The summed E-state index contributed by atoms with van der Waals surface area (Å²) in [4.78, 5) is 0. The second kappa shape index (κ2) is 5.72. The highest BCUT2D eigenvalue weighted by Gasteiger charge is 2.49. The molecule has 4 rings (SSSR count). The van der Waals surface area contributed by atoms with Gasteiger partial charge in [-0.25, -0.2) is 0 Å². The zero-order valence-corrected chi connectivity index (χ0v) is 14.0. The SMILES string of the molecule is OC1(C2CCOC3(CCSCC3)C2)CCCC(C2CC2)C1. The normalized spacial score (nSPS) is 43.9. The molecule has 3 heteroatoms. The lowest BCUT2D eigenvalue weighted by molar-refractivity contribution is -0.160. The molecule has 4 aliphatic rings. The molecule has 1 spiro atoms. The number of aliphatic hydroxyl groups is 1. The quantitative estimate of drug-likeness (QED) is 0.835. The number of hydrogen-bond acceptors (Lipinski definition) is 3. The molecule has 3 unspecified atom stereocenters. The summed E-state index contributed by atoms with van der Waals surface area (Å²) in [7, 11) is 0. The highest BCUT2D eigenvalue weighted by atomic mass is 32.2. The molecule has 0 radical (unpaired) electrons. The van der Waals surface area contributed by atoms with Crippen LogP contribution in [0.5, 0.6) is 0 Å². The predicted octanol–water partition coefficient (Wildman–Crippen LogP) is 4.01. The molecule has 2 saturated carbocycles. The fraction of sp³-hybridized carbons (Fsp3) is 1.00. The molecular weight excluding hydrogens is 280 g/mol. The lowest BCUT2D eigenvalue weighted by Crippen LogP contribution is -2.51. The average Bonchev–Trinajstić information content (AvgIpc) is 3.33. The lowest BCUT2D eigenvalue weighted by Gasteiger charge is -2.50. The average molecular weight is 311 g/mol. The minimum absolute atomic E-state index is 0.121. The second-order valence-electron chi connectivity index (χ2n) is 8.13. The van der Waals surface area contributed by atoms with Gasteiger partial charge < -0.3 is 9.84 Å². The zero-order chi connectivity index (χ0) is 14.3. The van der Waals surface area contributed by atoms with Crippen LogP contribution >= 0.6 is 11.8 Å². The highest BCUT2D eigenvalue weighted by molar-refractivity contribution is 7.99. The van der Waals surface area contributed by atoms with E-state index in [0.717, 1.165) is 44.1 Å². The van der Waals surface area contributed by atoms with E-state index in [1.165, 1.54) is 50.0 Å². The summed E-state index contributed by atoms with van der Waals surface area (Å²) in [6.07, 6.45) is 12.2. The van der Waals surface area contributed by atoms with Gasteiger partial charge in [0.25, 0.3) is 0 Å². The molecule has 0 aromatic carbocycles. The Morgan fingerprint density at radius 1 is 0.905 bits per heavy atom.